The van der Waals surface area contributed by atoms with Gasteiger partial charge in [0.2, 0.25) is 0 Å². The highest BCUT2D eigenvalue weighted by molar-refractivity contribution is 6.31. The van der Waals surface area contributed by atoms with E-state index in [0.717, 1.165) is 35.0 Å². The number of nitrogens with zero attached hydrogens (tertiary/aromatic N) is 1. The van der Waals surface area contributed by atoms with Crippen molar-refractivity contribution in [2.24, 2.45) is 0 Å². The summed E-state index contributed by atoms with van der Waals surface area (Å²) < 4.78 is 5.28. The molecule has 5 nitrogen and oxygen atoms in total. The fourth-order valence-electron chi connectivity index (χ4n) is 4.58. The maximum Gasteiger partial charge on any atom is 0.341 e. The molecule has 0 unspecified atom stereocenters. The van der Waals surface area contributed by atoms with Gasteiger partial charge in [0.1, 0.15) is 5.56 Å². The summed E-state index contributed by atoms with van der Waals surface area (Å²) in [5.41, 5.74) is 3.00. The van der Waals surface area contributed by atoms with Gasteiger partial charge in [0.05, 0.1) is 17.8 Å². The molecule has 2 aromatic rings. The van der Waals surface area contributed by atoms with Crippen LogP contribution in [0.25, 0.3) is 10.9 Å². The van der Waals surface area contributed by atoms with Gasteiger partial charge in [-0.05, 0) is 72.1 Å². The Kier molecular flexibility index (Phi) is 5.61. The first-order valence-corrected chi connectivity index (χ1v) is 10.2. The lowest BCUT2D eigenvalue weighted by Gasteiger charge is -2.47. The molecule has 28 heavy (non-hydrogen) atoms. The van der Waals surface area contributed by atoms with E-state index < -0.39 is 0 Å². The fraction of sp³-hybridized carbons (Fsp3) is 0.545. The van der Waals surface area contributed by atoms with Crippen LogP contribution in [0.1, 0.15) is 63.4 Å². The Morgan fingerprint density at radius 2 is 1.93 bits per heavy atom. The molecule has 0 bridgehead atoms. The summed E-state index contributed by atoms with van der Waals surface area (Å²) in [4.78, 5) is 17.2. The lowest BCUT2D eigenvalue weighted by Crippen LogP contribution is -2.60. The third kappa shape index (κ3) is 4.41. The van der Waals surface area contributed by atoms with Gasteiger partial charge in [-0.1, -0.05) is 11.6 Å². The smallest absolute Gasteiger partial charge is 0.341 e. The molecule has 0 spiro atoms. The van der Waals surface area contributed by atoms with Crippen LogP contribution in [-0.4, -0.2) is 34.7 Å². The van der Waals surface area contributed by atoms with Crippen molar-refractivity contribution in [2.75, 3.05) is 11.9 Å². The van der Waals surface area contributed by atoms with Crippen molar-refractivity contribution in [1.29, 1.82) is 0 Å². The van der Waals surface area contributed by atoms with E-state index in [4.69, 9.17) is 16.3 Å². The molecule has 152 valence electrons. The second-order valence-electron chi connectivity index (χ2n) is 9.03. The minimum atomic E-state index is -0.371. The van der Waals surface area contributed by atoms with Crippen molar-refractivity contribution in [3.8, 4) is 0 Å². The Morgan fingerprint density at radius 3 is 2.54 bits per heavy atom. The first-order valence-electron chi connectivity index (χ1n) is 9.83. The number of halogens is 1. The summed E-state index contributed by atoms with van der Waals surface area (Å²) in [6.07, 6.45) is 3.48. The zero-order valence-corrected chi connectivity index (χ0v) is 18.3. The first kappa shape index (κ1) is 20.9. The van der Waals surface area contributed by atoms with Gasteiger partial charge < -0.3 is 15.4 Å². The van der Waals surface area contributed by atoms with E-state index in [0.29, 0.717) is 17.2 Å². The summed E-state index contributed by atoms with van der Waals surface area (Å²) in [5.74, 6) is -0.371. The molecule has 0 aliphatic carbocycles. The van der Waals surface area contributed by atoms with Gasteiger partial charge >= 0.3 is 5.97 Å². The molecular formula is C22H30ClN3O2. The van der Waals surface area contributed by atoms with Crippen LogP contribution in [0, 0.1) is 6.92 Å². The number of piperidine rings is 1. The summed E-state index contributed by atoms with van der Waals surface area (Å²) in [6.45, 7) is 12.9. The number of hydrogen-bond acceptors (Lipinski definition) is 5. The molecule has 0 amide bonds. The quantitative estimate of drug-likeness (QED) is 0.696. The van der Waals surface area contributed by atoms with Crippen molar-refractivity contribution in [1.82, 2.24) is 10.3 Å². The molecule has 1 aliphatic rings. The van der Waals surface area contributed by atoms with E-state index in [1.54, 1.807) is 13.1 Å². The van der Waals surface area contributed by atoms with Crippen molar-refractivity contribution < 1.29 is 9.53 Å². The minimum Gasteiger partial charge on any atom is -0.462 e. The van der Waals surface area contributed by atoms with Gasteiger partial charge in [0, 0.05) is 33.7 Å². The Morgan fingerprint density at radius 1 is 1.29 bits per heavy atom. The van der Waals surface area contributed by atoms with Crippen molar-refractivity contribution in [3.63, 3.8) is 0 Å². The number of rotatable bonds is 4. The predicted octanol–water partition coefficient (Wildman–Crippen LogP) is 5.09. The zero-order valence-electron chi connectivity index (χ0n) is 17.6. The van der Waals surface area contributed by atoms with Crippen LogP contribution >= 0.6 is 11.6 Å². The molecule has 3 rings (SSSR count). The third-order valence-corrected chi connectivity index (χ3v) is 5.38. The van der Waals surface area contributed by atoms with Crippen LogP contribution in [0.5, 0.6) is 0 Å². The first-order chi connectivity index (χ1) is 13.0. The van der Waals surface area contributed by atoms with Crippen LogP contribution < -0.4 is 10.6 Å². The highest BCUT2D eigenvalue weighted by Gasteiger charge is 2.38. The lowest BCUT2D eigenvalue weighted by atomic mass is 9.79. The minimum absolute atomic E-state index is 0.0140. The average Bonchev–Trinajstić information content (AvgIpc) is 2.52. The number of nitrogens with one attached hydrogen (secondary N) is 2. The third-order valence-electron chi connectivity index (χ3n) is 5.16. The number of pyridine rings is 1. The number of hydrogen-bond donors (Lipinski definition) is 2. The second-order valence-corrected chi connectivity index (χ2v) is 9.46. The van der Waals surface area contributed by atoms with E-state index in [-0.39, 0.29) is 23.1 Å². The predicted molar refractivity (Wildman–Crippen MR) is 115 cm³/mol. The highest BCUT2D eigenvalue weighted by atomic mass is 35.5. The maximum atomic E-state index is 12.6. The van der Waals surface area contributed by atoms with Gasteiger partial charge in [0.25, 0.3) is 0 Å². The number of benzene rings is 1. The zero-order chi connectivity index (χ0) is 20.7. The standard InChI is InChI=1S/C22H30ClN3O2/c1-7-28-20(27)17-12-24-18-13(2)8-14(23)9-16(18)19(17)25-15-10-21(3,4)26-22(5,6)11-15/h8-9,12,15,26H,7,10-11H2,1-6H3,(H,24,25). The fourth-order valence-corrected chi connectivity index (χ4v) is 4.86. The topological polar surface area (TPSA) is 63.2 Å². The van der Waals surface area contributed by atoms with Crippen LogP contribution in [0.3, 0.4) is 0 Å². The molecule has 2 heterocycles. The molecular weight excluding hydrogens is 374 g/mol. The van der Waals surface area contributed by atoms with Gasteiger partial charge in [-0.2, -0.15) is 0 Å². The van der Waals surface area contributed by atoms with Crippen LogP contribution in [0.4, 0.5) is 5.69 Å². The Hall–Kier alpha value is -1.85. The van der Waals surface area contributed by atoms with E-state index in [1.807, 2.05) is 19.1 Å². The lowest BCUT2D eigenvalue weighted by molar-refractivity contribution is 0.0527. The number of aromatic nitrogens is 1. The monoisotopic (exact) mass is 403 g/mol. The van der Waals surface area contributed by atoms with E-state index >= 15 is 0 Å². The van der Waals surface area contributed by atoms with Gasteiger partial charge in [0.15, 0.2) is 0 Å². The molecule has 1 saturated heterocycles. The molecule has 2 N–H and O–H groups in total. The van der Waals surface area contributed by atoms with Crippen molar-refractivity contribution in [3.05, 3.63) is 34.5 Å². The number of anilines is 1. The largest absolute Gasteiger partial charge is 0.462 e. The highest BCUT2D eigenvalue weighted by Crippen LogP contribution is 2.35. The Balaban J connectivity index is 2.11. The molecule has 6 heteroatoms. The summed E-state index contributed by atoms with van der Waals surface area (Å²) in [5, 5.41) is 8.83. The molecule has 0 saturated carbocycles. The number of fused-ring (bicyclic) bond motifs is 1. The second kappa shape index (κ2) is 7.53. The van der Waals surface area contributed by atoms with E-state index in [2.05, 4.69) is 43.3 Å². The Bertz CT molecular complexity index is 892. The summed E-state index contributed by atoms with van der Waals surface area (Å²) in [7, 11) is 0. The summed E-state index contributed by atoms with van der Waals surface area (Å²) >= 11 is 6.34. The molecule has 1 aliphatic heterocycles. The number of ether oxygens (including phenoxy) is 1. The van der Waals surface area contributed by atoms with Gasteiger partial charge in [-0.3, -0.25) is 4.98 Å². The number of aryl methyl sites for hydroxylation is 1. The average molecular weight is 404 g/mol. The molecule has 0 radical (unpaired) electrons. The van der Waals surface area contributed by atoms with Gasteiger partial charge in [-0.15, -0.1) is 0 Å². The van der Waals surface area contributed by atoms with E-state index in [9.17, 15) is 4.79 Å². The maximum absolute atomic E-state index is 12.6. The molecule has 1 aromatic carbocycles. The van der Waals surface area contributed by atoms with E-state index in [1.165, 1.54) is 0 Å². The number of carbonyl (C=O) groups is 1. The Labute approximate surface area is 172 Å². The van der Waals surface area contributed by atoms with Gasteiger partial charge in [-0.25, -0.2) is 4.79 Å². The molecule has 1 aromatic heterocycles. The SMILES string of the molecule is CCOC(=O)c1cnc2c(C)cc(Cl)cc2c1NC1CC(C)(C)NC(C)(C)C1. The van der Waals surface area contributed by atoms with Crippen LogP contribution in [0.15, 0.2) is 18.3 Å². The number of carbonyl (C=O) groups excluding carboxylic acids is 1. The van der Waals surface area contributed by atoms with Crippen molar-refractivity contribution in [2.45, 2.75) is 71.5 Å². The van der Waals surface area contributed by atoms with Crippen molar-refractivity contribution >= 4 is 34.2 Å². The molecule has 1 fully saturated rings. The number of esters is 1. The molecule has 0 atom stereocenters. The van der Waals surface area contributed by atoms with Crippen LogP contribution in [-0.2, 0) is 4.74 Å². The summed E-state index contributed by atoms with van der Waals surface area (Å²) in [6, 6.07) is 3.96. The normalized spacial score (nSPS) is 18.8. The van der Waals surface area contributed by atoms with Crippen LogP contribution in [0.2, 0.25) is 5.02 Å².